The van der Waals surface area contributed by atoms with Gasteiger partial charge in [-0.1, -0.05) is 16.8 Å². The van der Waals surface area contributed by atoms with Crippen LogP contribution in [0.15, 0.2) is 33.7 Å². The minimum Gasteiger partial charge on any atom is -0.495 e. The summed E-state index contributed by atoms with van der Waals surface area (Å²) in [5, 5.41) is 4.02. The quantitative estimate of drug-likeness (QED) is 0.842. The highest BCUT2D eigenvalue weighted by molar-refractivity contribution is 7.89. The molecule has 0 spiro atoms. The smallest absolute Gasteiger partial charge is 0.243 e. The Morgan fingerprint density at radius 3 is 2.62 bits per heavy atom. The van der Waals surface area contributed by atoms with Crippen molar-refractivity contribution in [1.29, 1.82) is 0 Å². The monoisotopic (exact) mass is 330 g/mol. The summed E-state index contributed by atoms with van der Waals surface area (Å²) in [7, 11) is -0.727. The van der Waals surface area contributed by atoms with Crippen molar-refractivity contribution in [3.05, 3.63) is 40.7 Å². The number of hydrogen-bond donors (Lipinski definition) is 0. The van der Waals surface area contributed by atoms with Gasteiger partial charge in [0.05, 0.1) is 29.3 Å². The molecule has 0 aliphatic heterocycles. The highest BCUT2D eigenvalue weighted by Gasteiger charge is 2.23. The van der Waals surface area contributed by atoms with Crippen LogP contribution in [0.4, 0.5) is 0 Å². The zero-order valence-corrected chi connectivity index (χ0v) is 13.4. The Balaban J connectivity index is 2.26. The van der Waals surface area contributed by atoms with Crippen LogP contribution >= 0.6 is 11.6 Å². The molecule has 1 aromatic heterocycles. The summed E-state index contributed by atoms with van der Waals surface area (Å²) in [6, 6.07) is 6.02. The van der Waals surface area contributed by atoms with Gasteiger partial charge < -0.3 is 9.26 Å². The van der Waals surface area contributed by atoms with Crippen molar-refractivity contribution in [1.82, 2.24) is 9.46 Å². The molecule has 0 N–H and O–H groups in total. The molecule has 0 radical (unpaired) electrons. The first kappa shape index (κ1) is 15.8. The number of benzene rings is 1. The Morgan fingerprint density at radius 2 is 2.10 bits per heavy atom. The highest BCUT2D eigenvalue weighted by atomic mass is 35.5. The van der Waals surface area contributed by atoms with E-state index in [0.29, 0.717) is 17.2 Å². The normalized spacial score (nSPS) is 11.9. The Morgan fingerprint density at radius 1 is 1.38 bits per heavy atom. The molecule has 0 atom stereocenters. The van der Waals surface area contributed by atoms with Gasteiger partial charge in [-0.05, 0) is 25.1 Å². The minimum atomic E-state index is -3.66. The Kier molecular flexibility index (Phi) is 4.55. The third kappa shape index (κ3) is 3.37. The van der Waals surface area contributed by atoms with E-state index in [0.717, 1.165) is 0 Å². The summed E-state index contributed by atoms with van der Waals surface area (Å²) in [6.45, 7) is 1.86. The summed E-state index contributed by atoms with van der Waals surface area (Å²) in [5.74, 6) is 1.05. The summed E-state index contributed by atoms with van der Waals surface area (Å²) >= 11 is 5.97. The first-order chi connectivity index (χ1) is 9.84. The largest absolute Gasteiger partial charge is 0.495 e. The summed E-state index contributed by atoms with van der Waals surface area (Å²) in [4.78, 5) is 0.0935. The molecule has 1 aromatic carbocycles. The average molecular weight is 331 g/mol. The maximum Gasteiger partial charge on any atom is 0.243 e. The number of aromatic nitrogens is 1. The number of aryl methyl sites for hydroxylation is 1. The molecule has 0 saturated carbocycles. The minimum absolute atomic E-state index is 0.0935. The second-order valence-electron chi connectivity index (χ2n) is 4.49. The van der Waals surface area contributed by atoms with Crippen LogP contribution in [0.2, 0.25) is 5.02 Å². The van der Waals surface area contributed by atoms with Crippen molar-refractivity contribution in [2.75, 3.05) is 14.2 Å². The van der Waals surface area contributed by atoms with E-state index in [2.05, 4.69) is 5.16 Å². The van der Waals surface area contributed by atoms with Gasteiger partial charge in [-0.2, -0.15) is 4.31 Å². The lowest BCUT2D eigenvalue weighted by Gasteiger charge is -2.16. The van der Waals surface area contributed by atoms with Gasteiger partial charge in [-0.3, -0.25) is 0 Å². The van der Waals surface area contributed by atoms with Crippen molar-refractivity contribution in [3.8, 4) is 5.75 Å². The summed E-state index contributed by atoms with van der Waals surface area (Å²) in [5.41, 5.74) is 0.540. The third-order valence-electron chi connectivity index (χ3n) is 2.89. The summed E-state index contributed by atoms with van der Waals surface area (Å²) in [6.07, 6.45) is 0. The standard InChI is InChI=1S/C13H15ClN2O4S/c1-9-6-10(15-20-9)8-16(2)21(17,18)11-4-5-13(19-3)12(14)7-11/h4-7H,8H2,1-3H3. The van der Waals surface area contributed by atoms with Gasteiger partial charge in [0.1, 0.15) is 11.5 Å². The second-order valence-corrected chi connectivity index (χ2v) is 6.94. The molecular weight excluding hydrogens is 316 g/mol. The van der Waals surface area contributed by atoms with Gasteiger partial charge in [-0.15, -0.1) is 0 Å². The molecule has 0 amide bonds. The SMILES string of the molecule is COc1ccc(S(=O)(=O)N(C)Cc2cc(C)on2)cc1Cl. The van der Waals surface area contributed by atoms with Crippen LogP contribution in [-0.4, -0.2) is 32.0 Å². The van der Waals surface area contributed by atoms with Crippen molar-refractivity contribution >= 4 is 21.6 Å². The third-order valence-corrected chi connectivity index (χ3v) is 4.99. The molecule has 2 rings (SSSR count). The lowest BCUT2D eigenvalue weighted by molar-refractivity contribution is 0.378. The molecule has 21 heavy (non-hydrogen) atoms. The maximum atomic E-state index is 12.5. The highest BCUT2D eigenvalue weighted by Crippen LogP contribution is 2.28. The van der Waals surface area contributed by atoms with E-state index in [9.17, 15) is 8.42 Å². The molecule has 0 bridgehead atoms. The van der Waals surface area contributed by atoms with E-state index in [4.69, 9.17) is 20.9 Å². The van der Waals surface area contributed by atoms with E-state index in [1.807, 2.05) is 0 Å². The van der Waals surface area contributed by atoms with Crippen molar-refractivity contribution in [2.24, 2.45) is 0 Å². The zero-order valence-electron chi connectivity index (χ0n) is 11.8. The van der Waals surface area contributed by atoms with E-state index in [-0.39, 0.29) is 16.5 Å². The van der Waals surface area contributed by atoms with E-state index in [1.54, 1.807) is 13.0 Å². The van der Waals surface area contributed by atoms with Gasteiger partial charge in [-0.25, -0.2) is 8.42 Å². The molecule has 0 aliphatic rings. The lowest BCUT2D eigenvalue weighted by atomic mass is 10.3. The lowest BCUT2D eigenvalue weighted by Crippen LogP contribution is -2.26. The van der Waals surface area contributed by atoms with Crippen LogP contribution < -0.4 is 4.74 Å². The second kappa shape index (κ2) is 6.05. The number of methoxy groups -OCH3 is 1. The van der Waals surface area contributed by atoms with Gasteiger partial charge in [0.2, 0.25) is 10.0 Å². The number of sulfonamides is 1. The predicted molar refractivity (Wildman–Crippen MR) is 77.9 cm³/mol. The van der Waals surface area contributed by atoms with E-state index < -0.39 is 10.0 Å². The fraction of sp³-hybridized carbons (Fsp3) is 0.308. The van der Waals surface area contributed by atoms with Crippen LogP contribution in [0.1, 0.15) is 11.5 Å². The Bertz CT molecular complexity index is 742. The van der Waals surface area contributed by atoms with Crippen LogP contribution in [0.3, 0.4) is 0 Å². The molecule has 1 heterocycles. The van der Waals surface area contributed by atoms with Crippen molar-refractivity contribution in [3.63, 3.8) is 0 Å². The molecule has 0 fully saturated rings. The average Bonchev–Trinajstić information content (AvgIpc) is 2.83. The van der Waals surface area contributed by atoms with Crippen LogP contribution in [0.5, 0.6) is 5.75 Å². The number of rotatable bonds is 5. The molecular formula is C13H15ClN2O4S. The molecule has 114 valence electrons. The molecule has 0 unspecified atom stereocenters. The fourth-order valence-electron chi connectivity index (χ4n) is 1.79. The number of ether oxygens (including phenoxy) is 1. The first-order valence-corrected chi connectivity index (χ1v) is 7.88. The fourth-order valence-corrected chi connectivity index (χ4v) is 3.28. The van der Waals surface area contributed by atoms with Gasteiger partial charge in [0.25, 0.3) is 0 Å². The number of halogens is 1. The van der Waals surface area contributed by atoms with Crippen LogP contribution in [0.25, 0.3) is 0 Å². The predicted octanol–water partition coefficient (Wildman–Crippen LogP) is 2.47. The zero-order chi connectivity index (χ0) is 15.6. The molecule has 2 aromatic rings. The maximum absolute atomic E-state index is 12.5. The first-order valence-electron chi connectivity index (χ1n) is 6.06. The molecule has 0 saturated heterocycles. The van der Waals surface area contributed by atoms with Crippen molar-refractivity contribution in [2.45, 2.75) is 18.4 Å². The Hall–Kier alpha value is -1.57. The molecule has 0 aliphatic carbocycles. The van der Waals surface area contributed by atoms with E-state index in [1.165, 1.54) is 36.7 Å². The van der Waals surface area contributed by atoms with Crippen LogP contribution in [-0.2, 0) is 16.6 Å². The van der Waals surface area contributed by atoms with E-state index >= 15 is 0 Å². The number of hydrogen-bond acceptors (Lipinski definition) is 5. The van der Waals surface area contributed by atoms with Gasteiger partial charge in [0.15, 0.2) is 0 Å². The topological polar surface area (TPSA) is 72.6 Å². The molecule has 6 nitrogen and oxygen atoms in total. The number of nitrogens with zero attached hydrogens (tertiary/aromatic N) is 2. The van der Waals surface area contributed by atoms with Crippen LogP contribution in [0, 0.1) is 6.92 Å². The Labute approximate surface area is 128 Å². The van der Waals surface area contributed by atoms with Crippen molar-refractivity contribution < 1.29 is 17.7 Å². The van der Waals surface area contributed by atoms with Gasteiger partial charge >= 0.3 is 0 Å². The van der Waals surface area contributed by atoms with Gasteiger partial charge in [0, 0.05) is 13.1 Å². The summed E-state index contributed by atoms with van der Waals surface area (Å²) < 4.78 is 36.0. The molecule has 8 heteroatoms.